The predicted octanol–water partition coefficient (Wildman–Crippen LogP) is 3.03. The number of hydrogen-bond acceptors (Lipinski definition) is 1. The standard InChI is InChI=1S/C12H17NS/c1-12(2,3)11-6-4-10(5-7-11)8-13-9-14/h4-7,9H,8H2,1-3H3,(H,13,14). The number of nitrogens with one attached hydrogen (secondary N) is 1. The lowest BCUT2D eigenvalue weighted by atomic mass is 9.87. The van der Waals surface area contributed by atoms with Crippen molar-refractivity contribution in [3.05, 3.63) is 35.4 Å². The van der Waals surface area contributed by atoms with Crippen molar-refractivity contribution in [2.24, 2.45) is 0 Å². The zero-order valence-electron chi connectivity index (χ0n) is 9.00. The van der Waals surface area contributed by atoms with Crippen LogP contribution in [0.5, 0.6) is 0 Å². The minimum absolute atomic E-state index is 0.232. The van der Waals surface area contributed by atoms with Crippen molar-refractivity contribution in [3.8, 4) is 0 Å². The molecule has 1 nitrogen and oxygen atoms in total. The smallest absolute Gasteiger partial charge is 0.0617 e. The lowest BCUT2D eigenvalue weighted by molar-refractivity contribution is 0.590. The first-order valence-corrected chi connectivity index (χ1v) is 5.27. The zero-order chi connectivity index (χ0) is 10.6. The van der Waals surface area contributed by atoms with Gasteiger partial charge < -0.3 is 5.32 Å². The first kappa shape index (κ1) is 11.2. The quantitative estimate of drug-likeness (QED) is 0.765. The van der Waals surface area contributed by atoms with Crippen LogP contribution in [0.3, 0.4) is 0 Å². The fourth-order valence-corrected chi connectivity index (χ4v) is 1.37. The molecule has 0 saturated heterocycles. The number of thiocarbonyl (C=S) groups is 1. The van der Waals surface area contributed by atoms with E-state index in [1.807, 2.05) is 0 Å². The Morgan fingerprint density at radius 2 is 1.79 bits per heavy atom. The van der Waals surface area contributed by atoms with E-state index in [0.29, 0.717) is 0 Å². The highest BCUT2D eigenvalue weighted by Gasteiger charge is 2.12. The van der Waals surface area contributed by atoms with Crippen LogP contribution in [0.4, 0.5) is 0 Å². The highest BCUT2D eigenvalue weighted by Crippen LogP contribution is 2.21. The lowest BCUT2D eigenvalue weighted by Crippen LogP contribution is -2.12. The van der Waals surface area contributed by atoms with Gasteiger partial charge in [-0.3, -0.25) is 0 Å². The normalized spacial score (nSPS) is 11.1. The van der Waals surface area contributed by atoms with Gasteiger partial charge in [0.05, 0.1) is 5.49 Å². The molecular formula is C12H17NS. The molecule has 1 N–H and O–H groups in total. The van der Waals surface area contributed by atoms with Crippen molar-refractivity contribution >= 4 is 17.7 Å². The van der Waals surface area contributed by atoms with Gasteiger partial charge in [0.25, 0.3) is 0 Å². The van der Waals surface area contributed by atoms with Crippen molar-refractivity contribution in [1.82, 2.24) is 5.32 Å². The van der Waals surface area contributed by atoms with Gasteiger partial charge in [-0.1, -0.05) is 57.3 Å². The maximum Gasteiger partial charge on any atom is 0.0617 e. The molecule has 0 aliphatic carbocycles. The van der Waals surface area contributed by atoms with Gasteiger partial charge in [-0.25, -0.2) is 0 Å². The molecule has 0 saturated carbocycles. The maximum atomic E-state index is 4.70. The van der Waals surface area contributed by atoms with E-state index in [1.165, 1.54) is 11.1 Å². The Hall–Kier alpha value is -0.890. The Balaban J connectivity index is 2.73. The van der Waals surface area contributed by atoms with Gasteiger partial charge in [0.2, 0.25) is 0 Å². The summed E-state index contributed by atoms with van der Waals surface area (Å²) in [6.07, 6.45) is 0. The van der Waals surface area contributed by atoms with Crippen LogP contribution in [-0.4, -0.2) is 5.49 Å². The molecule has 1 aromatic rings. The zero-order valence-corrected chi connectivity index (χ0v) is 9.82. The summed E-state index contributed by atoms with van der Waals surface area (Å²) in [5.41, 5.74) is 4.41. The van der Waals surface area contributed by atoms with Gasteiger partial charge in [-0.15, -0.1) is 0 Å². The molecule has 14 heavy (non-hydrogen) atoms. The number of rotatable bonds is 3. The molecule has 0 fully saturated rings. The van der Waals surface area contributed by atoms with Crippen LogP contribution in [0, 0.1) is 0 Å². The van der Waals surface area contributed by atoms with E-state index < -0.39 is 0 Å². The molecule has 2 heteroatoms. The minimum Gasteiger partial charge on any atom is -0.378 e. The van der Waals surface area contributed by atoms with E-state index in [4.69, 9.17) is 12.2 Å². The molecule has 0 amide bonds. The molecule has 0 heterocycles. The van der Waals surface area contributed by atoms with Crippen molar-refractivity contribution < 1.29 is 0 Å². The van der Waals surface area contributed by atoms with Gasteiger partial charge in [0.15, 0.2) is 0 Å². The van der Waals surface area contributed by atoms with Crippen molar-refractivity contribution in [1.29, 1.82) is 0 Å². The largest absolute Gasteiger partial charge is 0.378 e. The average Bonchev–Trinajstić information content (AvgIpc) is 2.14. The van der Waals surface area contributed by atoms with Crippen LogP contribution in [0.15, 0.2) is 24.3 Å². The Labute approximate surface area is 91.5 Å². The summed E-state index contributed by atoms with van der Waals surface area (Å²) in [5, 5.41) is 3.01. The Morgan fingerprint density at radius 3 is 2.21 bits per heavy atom. The van der Waals surface area contributed by atoms with E-state index in [9.17, 15) is 0 Å². The molecule has 1 rings (SSSR count). The second-order valence-corrected chi connectivity index (χ2v) is 4.68. The Bertz CT molecular complexity index is 295. The monoisotopic (exact) mass is 207 g/mol. The molecule has 0 radical (unpaired) electrons. The summed E-state index contributed by atoms with van der Waals surface area (Å²) in [5.74, 6) is 0. The molecular weight excluding hydrogens is 190 g/mol. The Kier molecular flexibility index (Phi) is 3.64. The summed E-state index contributed by atoms with van der Waals surface area (Å²) in [6.45, 7) is 7.47. The second kappa shape index (κ2) is 4.56. The topological polar surface area (TPSA) is 12.0 Å². The first-order chi connectivity index (χ1) is 6.54. The average molecular weight is 207 g/mol. The van der Waals surface area contributed by atoms with E-state index in [-0.39, 0.29) is 5.41 Å². The third kappa shape index (κ3) is 3.11. The highest BCUT2D eigenvalue weighted by atomic mass is 32.1. The lowest BCUT2D eigenvalue weighted by Gasteiger charge is -2.19. The second-order valence-electron chi connectivity index (χ2n) is 4.45. The third-order valence-electron chi connectivity index (χ3n) is 2.21. The van der Waals surface area contributed by atoms with Crippen molar-refractivity contribution in [3.63, 3.8) is 0 Å². The van der Waals surface area contributed by atoms with Crippen LogP contribution < -0.4 is 5.32 Å². The van der Waals surface area contributed by atoms with Crippen molar-refractivity contribution in [2.75, 3.05) is 0 Å². The fourth-order valence-electron chi connectivity index (χ4n) is 1.28. The Morgan fingerprint density at radius 1 is 1.21 bits per heavy atom. The van der Waals surface area contributed by atoms with Crippen LogP contribution in [0.25, 0.3) is 0 Å². The SMILES string of the molecule is CC(C)(C)c1ccc(CNC=S)cc1. The van der Waals surface area contributed by atoms with Crippen LogP contribution in [0.1, 0.15) is 31.9 Å². The molecule has 0 unspecified atom stereocenters. The minimum atomic E-state index is 0.232. The van der Waals surface area contributed by atoms with Gasteiger partial charge in [0, 0.05) is 6.54 Å². The van der Waals surface area contributed by atoms with E-state index >= 15 is 0 Å². The molecule has 0 aromatic heterocycles. The summed E-state index contributed by atoms with van der Waals surface area (Å²) < 4.78 is 0. The summed E-state index contributed by atoms with van der Waals surface area (Å²) in [7, 11) is 0. The number of benzene rings is 1. The van der Waals surface area contributed by atoms with Crippen LogP contribution in [-0.2, 0) is 12.0 Å². The molecule has 0 spiro atoms. The molecule has 0 bridgehead atoms. The first-order valence-electron chi connectivity index (χ1n) is 4.80. The van der Waals surface area contributed by atoms with Gasteiger partial charge in [0.1, 0.15) is 0 Å². The molecule has 0 aliphatic rings. The summed E-state index contributed by atoms with van der Waals surface area (Å²) in [4.78, 5) is 0. The van der Waals surface area contributed by atoms with E-state index in [1.54, 1.807) is 5.49 Å². The highest BCUT2D eigenvalue weighted by molar-refractivity contribution is 7.78. The van der Waals surface area contributed by atoms with Gasteiger partial charge in [-0.2, -0.15) is 0 Å². The summed E-state index contributed by atoms with van der Waals surface area (Å²) >= 11 is 4.70. The van der Waals surface area contributed by atoms with Crippen LogP contribution in [0.2, 0.25) is 0 Å². The van der Waals surface area contributed by atoms with E-state index in [2.05, 4.69) is 50.4 Å². The summed E-state index contributed by atoms with van der Waals surface area (Å²) in [6, 6.07) is 8.65. The molecule has 76 valence electrons. The van der Waals surface area contributed by atoms with E-state index in [0.717, 1.165) is 6.54 Å². The van der Waals surface area contributed by atoms with Gasteiger partial charge >= 0.3 is 0 Å². The predicted molar refractivity (Wildman–Crippen MR) is 65.6 cm³/mol. The molecule has 1 aromatic carbocycles. The van der Waals surface area contributed by atoms with Crippen molar-refractivity contribution in [2.45, 2.75) is 32.7 Å². The molecule has 0 atom stereocenters. The molecule has 0 aliphatic heterocycles. The fraction of sp³-hybridized carbons (Fsp3) is 0.417. The maximum absolute atomic E-state index is 4.70. The number of hydrogen-bond donors (Lipinski definition) is 1. The third-order valence-corrected chi connectivity index (χ3v) is 2.38. The van der Waals surface area contributed by atoms with Crippen LogP contribution >= 0.6 is 12.2 Å². The van der Waals surface area contributed by atoms with Gasteiger partial charge in [-0.05, 0) is 16.5 Å².